The van der Waals surface area contributed by atoms with Gasteiger partial charge in [-0.2, -0.15) is 0 Å². The van der Waals surface area contributed by atoms with Gasteiger partial charge in [-0.25, -0.2) is 0 Å². The van der Waals surface area contributed by atoms with E-state index >= 15 is 0 Å². The molecule has 4 atom stereocenters. The van der Waals surface area contributed by atoms with Crippen LogP contribution in [0.1, 0.15) is 65.2 Å². The van der Waals surface area contributed by atoms with E-state index in [2.05, 4.69) is 13.8 Å². The molecule has 1 aliphatic heterocycles. The fourth-order valence-electron chi connectivity index (χ4n) is 4.70. The van der Waals surface area contributed by atoms with Crippen LogP contribution in [0.4, 0.5) is 0 Å². The van der Waals surface area contributed by atoms with Gasteiger partial charge in [-0.05, 0) is 43.4 Å². The molecule has 2 nitrogen and oxygen atoms in total. The Morgan fingerprint density at radius 3 is 2.61 bits per heavy atom. The lowest BCUT2D eigenvalue weighted by Gasteiger charge is -2.46. The second-order valence-electron chi connectivity index (χ2n) is 7.16. The minimum absolute atomic E-state index is 0.0536. The zero-order valence-corrected chi connectivity index (χ0v) is 11.8. The van der Waals surface area contributed by atoms with Gasteiger partial charge in [0.25, 0.3) is 0 Å². The second-order valence-corrected chi connectivity index (χ2v) is 7.16. The Labute approximate surface area is 110 Å². The number of fused-ring (bicyclic) bond motifs is 1. The molecule has 1 saturated heterocycles. The number of carbonyl (C=O) groups excluding carboxylic acids is 1. The van der Waals surface area contributed by atoms with Crippen molar-refractivity contribution in [2.24, 2.45) is 23.2 Å². The van der Waals surface area contributed by atoms with Crippen LogP contribution >= 0.6 is 0 Å². The van der Waals surface area contributed by atoms with E-state index in [1.165, 1.54) is 44.9 Å². The van der Waals surface area contributed by atoms with Crippen LogP contribution in [0.15, 0.2) is 0 Å². The predicted octanol–water partition coefficient (Wildman–Crippen LogP) is 3.93. The maximum atomic E-state index is 11.7. The normalized spacial score (nSPS) is 45.7. The van der Waals surface area contributed by atoms with E-state index < -0.39 is 0 Å². The van der Waals surface area contributed by atoms with E-state index in [-0.39, 0.29) is 18.0 Å². The molecule has 18 heavy (non-hydrogen) atoms. The fraction of sp³-hybridized carbons (Fsp3) is 0.938. The third-order valence-electron chi connectivity index (χ3n) is 6.07. The maximum absolute atomic E-state index is 11.7. The second kappa shape index (κ2) is 4.54. The van der Waals surface area contributed by atoms with E-state index in [0.717, 1.165) is 12.3 Å². The zero-order chi connectivity index (χ0) is 12.8. The summed E-state index contributed by atoms with van der Waals surface area (Å²) in [5.41, 5.74) is 0.436. The maximum Gasteiger partial charge on any atom is 0.309 e. The van der Waals surface area contributed by atoms with E-state index in [9.17, 15) is 4.79 Å². The van der Waals surface area contributed by atoms with Crippen LogP contribution in [0.2, 0.25) is 0 Å². The largest absolute Gasteiger partial charge is 0.462 e. The lowest BCUT2D eigenvalue weighted by atomic mass is 9.59. The molecule has 0 aromatic heterocycles. The topological polar surface area (TPSA) is 26.3 Å². The Hall–Kier alpha value is -0.530. The van der Waals surface area contributed by atoms with E-state index in [0.29, 0.717) is 11.3 Å². The molecule has 2 heteroatoms. The van der Waals surface area contributed by atoms with Gasteiger partial charge in [0.2, 0.25) is 0 Å². The number of ether oxygens (including phenoxy) is 1. The lowest BCUT2D eigenvalue weighted by molar-refractivity contribution is -0.145. The smallest absolute Gasteiger partial charge is 0.309 e. The van der Waals surface area contributed by atoms with Crippen LogP contribution < -0.4 is 0 Å². The molecule has 2 saturated carbocycles. The molecule has 102 valence electrons. The number of hydrogen-bond acceptors (Lipinski definition) is 2. The van der Waals surface area contributed by atoms with Crippen molar-refractivity contribution >= 4 is 5.97 Å². The van der Waals surface area contributed by atoms with E-state index in [1.807, 2.05) is 0 Å². The zero-order valence-electron chi connectivity index (χ0n) is 11.8. The van der Waals surface area contributed by atoms with Crippen LogP contribution in [-0.4, -0.2) is 12.1 Å². The average Bonchev–Trinajstić information content (AvgIpc) is 2.65. The van der Waals surface area contributed by atoms with Crippen molar-refractivity contribution in [2.45, 2.75) is 71.3 Å². The first-order chi connectivity index (χ1) is 8.60. The van der Waals surface area contributed by atoms with Gasteiger partial charge in [-0.15, -0.1) is 0 Å². The number of carbonyl (C=O) groups is 1. The molecular formula is C16H26O2. The molecule has 0 aromatic carbocycles. The van der Waals surface area contributed by atoms with E-state index in [4.69, 9.17) is 4.74 Å². The first kappa shape index (κ1) is 12.5. The van der Waals surface area contributed by atoms with Crippen LogP contribution in [0.25, 0.3) is 0 Å². The summed E-state index contributed by atoms with van der Waals surface area (Å²) in [6, 6.07) is 0. The summed E-state index contributed by atoms with van der Waals surface area (Å²) in [5.74, 6) is 1.58. The molecule has 4 unspecified atom stereocenters. The predicted molar refractivity (Wildman–Crippen MR) is 71.1 cm³/mol. The van der Waals surface area contributed by atoms with Crippen LogP contribution in [0, 0.1) is 23.2 Å². The fourth-order valence-corrected chi connectivity index (χ4v) is 4.70. The Balaban J connectivity index is 1.71. The summed E-state index contributed by atoms with van der Waals surface area (Å²) in [6.45, 7) is 4.51. The SMILES string of the molecule is CC1C(=O)OC2CC(C)(C3CCCCC3)CCC21. The lowest BCUT2D eigenvalue weighted by Crippen LogP contribution is -2.40. The van der Waals surface area contributed by atoms with Crippen molar-refractivity contribution in [3.63, 3.8) is 0 Å². The minimum Gasteiger partial charge on any atom is -0.462 e. The van der Waals surface area contributed by atoms with Crippen LogP contribution in [0.5, 0.6) is 0 Å². The summed E-state index contributed by atoms with van der Waals surface area (Å²) in [5, 5.41) is 0. The third-order valence-corrected chi connectivity index (χ3v) is 6.07. The first-order valence-corrected chi connectivity index (χ1v) is 7.81. The van der Waals surface area contributed by atoms with Crippen LogP contribution in [0.3, 0.4) is 0 Å². The molecule has 0 spiro atoms. The molecule has 3 fully saturated rings. The molecule has 0 aromatic rings. The summed E-state index contributed by atoms with van der Waals surface area (Å²) < 4.78 is 5.62. The Morgan fingerprint density at radius 1 is 1.17 bits per heavy atom. The molecule has 2 aliphatic carbocycles. The quantitative estimate of drug-likeness (QED) is 0.659. The van der Waals surface area contributed by atoms with Gasteiger partial charge in [0, 0.05) is 5.92 Å². The van der Waals surface area contributed by atoms with Crippen molar-refractivity contribution < 1.29 is 9.53 Å². The summed E-state index contributed by atoms with van der Waals surface area (Å²) in [4.78, 5) is 11.7. The van der Waals surface area contributed by atoms with Gasteiger partial charge >= 0.3 is 5.97 Å². The number of esters is 1. The third kappa shape index (κ3) is 1.98. The highest BCUT2D eigenvalue weighted by atomic mass is 16.6. The summed E-state index contributed by atoms with van der Waals surface area (Å²) >= 11 is 0. The van der Waals surface area contributed by atoms with Gasteiger partial charge in [0.15, 0.2) is 0 Å². The van der Waals surface area contributed by atoms with Crippen molar-refractivity contribution in [3.8, 4) is 0 Å². The highest BCUT2D eigenvalue weighted by Gasteiger charge is 2.50. The minimum atomic E-state index is 0.0536. The van der Waals surface area contributed by atoms with E-state index in [1.54, 1.807) is 0 Å². The number of hydrogen-bond donors (Lipinski definition) is 0. The summed E-state index contributed by atoms with van der Waals surface area (Å²) in [7, 11) is 0. The Kier molecular flexibility index (Phi) is 3.15. The van der Waals surface area contributed by atoms with Gasteiger partial charge in [0.1, 0.15) is 6.10 Å². The van der Waals surface area contributed by atoms with Gasteiger partial charge in [0.05, 0.1) is 5.92 Å². The van der Waals surface area contributed by atoms with Crippen molar-refractivity contribution in [2.75, 3.05) is 0 Å². The average molecular weight is 250 g/mol. The molecule has 0 N–H and O–H groups in total. The highest BCUT2D eigenvalue weighted by Crippen LogP contribution is 2.52. The molecule has 3 aliphatic rings. The Bertz CT molecular complexity index is 332. The summed E-state index contributed by atoms with van der Waals surface area (Å²) in [6.07, 6.45) is 10.9. The van der Waals surface area contributed by atoms with Gasteiger partial charge in [-0.3, -0.25) is 4.79 Å². The molecular weight excluding hydrogens is 224 g/mol. The van der Waals surface area contributed by atoms with Crippen molar-refractivity contribution in [1.29, 1.82) is 0 Å². The van der Waals surface area contributed by atoms with Gasteiger partial charge in [-0.1, -0.05) is 33.1 Å². The molecule has 0 radical (unpaired) electrons. The van der Waals surface area contributed by atoms with Gasteiger partial charge < -0.3 is 4.74 Å². The van der Waals surface area contributed by atoms with Crippen molar-refractivity contribution in [1.82, 2.24) is 0 Å². The molecule has 0 amide bonds. The molecule has 0 bridgehead atoms. The standard InChI is InChI=1S/C16H26O2/c1-11-13-8-9-16(2,10-14(13)18-15(11)17)12-6-4-3-5-7-12/h11-14H,3-10H2,1-2H3. The molecule has 3 rings (SSSR count). The molecule has 1 heterocycles. The number of rotatable bonds is 1. The van der Waals surface area contributed by atoms with Crippen molar-refractivity contribution in [3.05, 3.63) is 0 Å². The first-order valence-electron chi connectivity index (χ1n) is 7.81. The Morgan fingerprint density at radius 2 is 1.89 bits per heavy atom. The van der Waals surface area contributed by atoms with Crippen LogP contribution in [-0.2, 0) is 9.53 Å². The monoisotopic (exact) mass is 250 g/mol. The highest BCUT2D eigenvalue weighted by molar-refractivity contribution is 5.74.